The Bertz CT molecular complexity index is 470. The van der Waals surface area contributed by atoms with Crippen molar-refractivity contribution in [3.05, 3.63) is 34.3 Å². The van der Waals surface area contributed by atoms with Gasteiger partial charge in [0.15, 0.2) is 0 Å². The highest BCUT2D eigenvalue weighted by Gasteiger charge is 2.31. The first-order valence-electron chi connectivity index (χ1n) is 7.76. The van der Waals surface area contributed by atoms with Crippen LogP contribution >= 0.6 is 15.9 Å². The quantitative estimate of drug-likeness (QED) is 0.822. The van der Waals surface area contributed by atoms with E-state index in [0.717, 1.165) is 42.1 Å². The zero-order valence-corrected chi connectivity index (χ0v) is 14.0. The molecule has 2 N–H and O–H groups in total. The summed E-state index contributed by atoms with van der Waals surface area (Å²) >= 11 is 3.44. The summed E-state index contributed by atoms with van der Waals surface area (Å²) in [5, 5.41) is 12.7. The molecule has 1 aliphatic carbocycles. The maximum atomic E-state index is 12.0. The molecule has 1 aromatic carbocycles. The van der Waals surface area contributed by atoms with Gasteiger partial charge in [-0.1, -0.05) is 47.3 Å². The van der Waals surface area contributed by atoms with Crippen LogP contribution in [0.25, 0.3) is 0 Å². The zero-order valence-electron chi connectivity index (χ0n) is 12.4. The van der Waals surface area contributed by atoms with Crippen molar-refractivity contribution in [2.24, 2.45) is 5.41 Å². The van der Waals surface area contributed by atoms with Gasteiger partial charge in [0.25, 0.3) is 0 Å². The lowest BCUT2D eigenvalue weighted by Gasteiger charge is -2.35. The summed E-state index contributed by atoms with van der Waals surface area (Å²) in [4.78, 5) is 12.0. The van der Waals surface area contributed by atoms with E-state index in [4.69, 9.17) is 0 Å². The summed E-state index contributed by atoms with van der Waals surface area (Å²) in [6, 6.07) is 8.05. The number of benzene rings is 1. The summed E-state index contributed by atoms with van der Waals surface area (Å²) in [7, 11) is 0. The topological polar surface area (TPSA) is 49.3 Å². The molecular formula is C17H24BrNO2. The predicted octanol–water partition coefficient (Wildman–Crippen LogP) is 3.44. The molecule has 2 rings (SSSR count). The monoisotopic (exact) mass is 353 g/mol. The highest BCUT2D eigenvalue weighted by molar-refractivity contribution is 9.10. The Morgan fingerprint density at radius 2 is 2.05 bits per heavy atom. The van der Waals surface area contributed by atoms with Crippen molar-refractivity contribution in [3.63, 3.8) is 0 Å². The van der Waals surface area contributed by atoms with E-state index in [2.05, 4.69) is 21.2 Å². The Labute approximate surface area is 135 Å². The molecule has 116 valence electrons. The number of rotatable bonds is 6. The molecule has 0 aromatic heterocycles. The standard InChI is InChI=1S/C17H24BrNO2/c18-15-6-4-5-14(11-15)7-8-16(21)19-12-17(13-20)9-2-1-3-10-17/h4-6,11,20H,1-3,7-10,12-13H2,(H,19,21). The highest BCUT2D eigenvalue weighted by atomic mass is 79.9. The highest BCUT2D eigenvalue weighted by Crippen LogP contribution is 2.35. The van der Waals surface area contributed by atoms with Gasteiger partial charge in [0.05, 0.1) is 6.61 Å². The number of aryl methyl sites for hydroxylation is 1. The number of amides is 1. The molecular weight excluding hydrogens is 330 g/mol. The van der Waals surface area contributed by atoms with E-state index in [9.17, 15) is 9.90 Å². The second-order valence-electron chi connectivity index (χ2n) is 6.13. The van der Waals surface area contributed by atoms with Crippen LogP contribution in [0, 0.1) is 5.41 Å². The molecule has 1 fully saturated rings. The van der Waals surface area contributed by atoms with E-state index in [1.54, 1.807) is 0 Å². The molecule has 1 aromatic rings. The number of carbonyl (C=O) groups excluding carboxylic acids is 1. The average molecular weight is 354 g/mol. The Balaban J connectivity index is 1.76. The predicted molar refractivity (Wildman–Crippen MR) is 88.1 cm³/mol. The Kier molecular flexibility index (Phi) is 6.24. The van der Waals surface area contributed by atoms with Gasteiger partial charge in [0.2, 0.25) is 5.91 Å². The third-order valence-corrected chi connectivity index (χ3v) is 4.93. The minimum atomic E-state index is -0.0797. The summed E-state index contributed by atoms with van der Waals surface area (Å²) in [5.41, 5.74) is 1.08. The van der Waals surface area contributed by atoms with Gasteiger partial charge in [-0.25, -0.2) is 0 Å². The number of nitrogens with one attached hydrogen (secondary N) is 1. The normalized spacial score (nSPS) is 17.4. The van der Waals surface area contributed by atoms with Crippen LogP contribution in [0.15, 0.2) is 28.7 Å². The molecule has 0 radical (unpaired) electrons. The van der Waals surface area contributed by atoms with Gasteiger partial charge in [-0.15, -0.1) is 0 Å². The average Bonchev–Trinajstić information content (AvgIpc) is 2.52. The van der Waals surface area contributed by atoms with Gasteiger partial charge < -0.3 is 10.4 Å². The number of hydrogen-bond donors (Lipinski definition) is 2. The van der Waals surface area contributed by atoms with Crippen molar-refractivity contribution in [2.45, 2.75) is 44.9 Å². The summed E-state index contributed by atoms with van der Waals surface area (Å²) < 4.78 is 1.04. The molecule has 1 aliphatic rings. The molecule has 0 heterocycles. The molecule has 0 saturated heterocycles. The number of hydrogen-bond acceptors (Lipinski definition) is 2. The number of aliphatic hydroxyl groups excluding tert-OH is 1. The van der Waals surface area contributed by atoms with Crippen LogP contribution < -0.4 is 5.32 Å². The smallest absolute Gasteiger partial charge is 0.220 e. The Morgan fingerprint density at radius 3 is 2.71 bits per heavy atom. The minimum absolute atomic E-state index is 0.0772. The Hall–Kier alpha value is -0.870. The molecule has 0 spiro atoms. The fourth-order valence-corrected chi connectivity index (χ4v) is 3.46. The molecule has 3 nitrogen and oxygen atoms in total. The first-order valence-corrected chi connectivity index (χ1v) is 8.55. The molecule has 0 aliphatic heterocycles. The summed E-state index contributed by atoms with van der Waals surface area (Å²) in [6.07, 6.45) is 6.86. The minimum Gasteiger partial charge on any atom is -0.396 e. The van der Waals surface area contributed by atoms with Crippen LogP contribution in [0.4, 0.5) is 0 Å². The van der Waals surface area contributed by atoms with Gasteiger partial charge in [0.1, 0.15) is 0 Å². The van der Waals surface area contributed by atoms with Crippen LogP contribution in [-0.4, -0.2) is 24.2 Å². The van der Waals surface area contributed by atoms with Crippen molar-refractivity contribution in [1.82, 2.24) is 5.32 Å². The maximum absolute atomic E-state index is 12.0. The third-order valence-electron chi connectivity index (χ3n) is 4.44. The van der Waals surface area contributed by atoms with Gasteiger partial charge >= 0.3 is 0 Å². The second-order valence-corrected chi connectivity index (χ2v) is 7.04. The van der Waals surface area contributed by atoms with E-state index < -0.39 is 0 Å². The van der Waals surface area contributed by atoms with Crippen LogP contribution in [0.2, 0.25) is 0 Å². The van der Waals surface area contributed by atoms with E-state index >= 15 is 0 Å². The molecule has 0 atom stereocenters. The van der Waals surface area contributed by atoms with E-state index in [0.29, 0.717) is 13.0 Å². The number of carbonyl (C=O) groups is 1. The largest absolute Gasteiger partial charge is 0.396 e. The fraction of sp³-hybridized carbons (Fsp3) is 0.588. The van der Waals surface area contributed by atoms with E-state index in [1.165, 1.54) is 6.42 Å². The van der Waals surface area contributed by atoms with Crippen LogP contribution in [0.1, 0.15) is 44.1 Å². The molecule has 21 heavy (non-hydrogen) atoms. The first kappa shape index (κ1) is 16.5. The first-order chi connectivity index (χ1) is 10.1. The summed E-state index contributed by atoms with van der Waals surface area (Å²) in [5.74, 6) is 0.0772. The molecule has 4 heteroatoms. The van der Waals surface area contributed by atoms with Gasteiger partial charge in [-0.2, -0.15) is 0 Å². The molecule has 0 bridgehead atoms. The van der Waals surface area contributed by atoms with Gasteiger partial charge in [0, 0.05) is 22.9 Å². The van der Waals surface area contributed by atoms with E-state index in [1.807, 2.05) is 24.3 Å². The van der Waals surface area contributed by atoms with Crippen molar-refractivity contribution >= 4 is 21.8 Å². The third kappa shape index (κ3) is 5.11. The lowest BCUT2D eigenvalue weighted by Crippen LogP contribution is -2.41. The lowest BCUT2D eigenvalue weighted by atomic mass is 9.74. The van der Waals surface area contributed by atoms with Crippen molar-refractivity contribution in [2.75, 3.05) is 13.2 Å². The Morgan fingerprint density at radius 1 is 1.29 bits per heavy atom. The second kappa shape index (κ2) is 7.95. The molecule has 1 saturated carbocycles. The summed E-state index contributed by atoms with van der Waals surface area (Å²) in [6.45, 7) is 0.791. The van der Waals surface area contributed by atoms with Crippen molar-refractivity contribution in [3.8, 4) is 0 Å². The fourth-order valence-electron chi connectivity index (χ4n) is 3.02. The number of aliphatic hydroxyl groups is 1. The van der Waals surface area contributed by atoms with Crippen molar-refractivity contribution in [1.29, 1.82) is 0 Å². The van der Waals surface area contributed by atoms with Crippen LogP contribution in [-0.2, 0) is 11.2 Å². The SMILES string of the molecule is O=C(CCc1cccc(Br)c1)NCC1(CO)CCCCC1. The van der Waals surface area contributed by atoms with E-state index in [-0.39, 0.29) is 17.9 Å². The van der Waals surface area contributed by atoms with Gasteiger partial charge in [-0.3, -0.25) is 4.79 Å². The van der Waals surface area contributed by atoms with Crippen molar-refractivity contribution < 1.29 is 9.90 Å². The zero-order chi connectivity index (χ0) is 15.1. The molecule has 0 unspecified atom stereocenters. The van der Waals surface area contributed by atoms with Crippen LogP contribution in [0.3, 0.4) is 0 Å². The van der Waals surface area contributed by atoms with Gasteiger partial charge in [-0.05, 0) is 37.0 Å². The number of halogens is 1. The lowest BCUT2D eigenvalue weighted by molar-refractivity contribution is -0.121. The molecule has 1 amide bonds. The maximum Gasteiger partial charge on any atom is 0.220 e. The van der Waals surface area contributed by atoms with Crippen LogP contribution in [0.5, 0.6) is 0 Å².